The molecule has 0 radical (unpaired) electrons. The molecular weight excluding hydrogens is 225 g/mol. The van der Waals surface area contributed by atoms with Gasteiger partial charge in [-0.05, 0) is 13.3 Å². The quantitative estimate of drug-likeness (QED) is 0.735. The number of aromatic nitrogens is 1. The molecule has 0 N–H and O–H groups in total. The zero-order chi connectivity index (χ0) is 8.77. The lowest BCUT2D eigenvalue weighted by Gasteiger charge is -2.04. The van der Waals surface area contributed by atoms with E-state index in [1.807, 2.05) is 6.92 Å². The van der Waals surface area contributed by atoms with Crippen molar-refractivity contribution in [3.05, 3.63) is 17.8 Å². The van der Waals surface area contributed by atoms with E-state index >= 15 is 0 Å². The number of rotatable bonds is 2. The standard InChI is InChI=1S/C8H9BrFNO/c1-8(2-6(8)10)7-5(3-9)11-4-12-7/h4,6H,2-3H2,1H3. The lowest BCUT2D eigenvalue weighted by Crippen LogP contribution is -2.05. The van der Waals surface area contributed by atoms with Crippen LogP contribution in [-0.2, 0) is 10.7 Å². The van der Waals surface area contributed by atoms with Gasteiger partial charge in [0.05, 0.1) is 11.1 Å². The second-order valence-corrected chi connectivity index (χ2v) is 3.91. The number of nitrogens with zero attached hydrogens (tertiary/aromatic N) is 1. The molecule has 1 fully saturated rings. The van der Waals surface area contributed by atoms with Crippen LogP contribution in [0.4, 0.5) is 4.39 Å². The summed E-state index contributed by atoms with van der Waals surface area (Å²) in [6.07, 6.45) is 1.17. The van der Waals surface area contributed by atoms with Crippen LogP contribution in [0, 0.1) is 0 Å². The fourth-order valence-corrected chi connectivity index (χ4v) is 1.78. The van der Waals surface area contributed by atoms with E-state index in [2.05, 4.69) is 20.9 Å². The predicted molar refractivity (Wildman–Crippen MR) is 46.0 cm³/mol. The maximum Gasteiger partial charge on any atom is 0.181 e. The molecule has 1 saturated carbocycles. The highest BCUT2D eigenvalue weighted by atomic mass is 79.9. The van der Waals surface area contributed by atoms with Crippen molar-refractivity contribution in [1.82, 2.24) is 4.98 Å². The molecule has 2 atom stereocenters. The first-order chi connectivity index (χ1) is 5.68. The molecule has 0 spiro atoms. The molecule has 1 aromatic rings. The average Bonchev–Trinajstić information content (AvgIpc) is 2.56. The van der Waals surface area contributed by atoms with Gasteiger partial charge in [-0.2, -0.15) is 0 Å². The van der Waals surface area contributed by atoms with Gasteiger partial charge >= 0.3 is 0 Å². The molecule has 1 aliphatic rings. The van der Waals surface area contributed by atoms with E-state index in [1.54, 1.807) is 0 Å². The summed E-state index contributed by atoms with van der Waals surface area (Å²) in [6.45, 7) is 1.87. The van der Waals surface area contributed by atoms with Crippen molar-refractivity contribution in [3.8, 4) is 0 Å². The first-order valence-electron chi connectivity index (χ1n) is 3.81. The zero-order valence-electron chi connectivity index (χ0n) is 6.68. The SMILES string of the molecule is CC1(c2ocnc2CBr)CC1F. The van der Waals surface area contributed by atoms with Crippen LogP contribution < -0.4 is 0 Å². The van der Waals surface area contributed by atoms with E-state index in [9.17, 15) is 4.39 Å². The van der Waals surface area contributed by atoms with Gasteiger partial charge in [-0.15, -0.1) is 0 Å². The summed E-state index contributed by atoms with van der Waals surface area (Å²) in [4.78, 5) is 4.00. The Labute approximate surface area is 78.3 Å². The van der Waals surface area contributed by atoms with Gasteiger partial charge in [-0.25, -0.2) is 9.37 Å². The van der Waals surface area contributed by atoms with Gasteiger partial charge in [0, 0.05) is 5.33 Å². The summed E-state index contributed by atoms with van der Waals surface area (Å²) in [5.74, 6) is 0.701. The maximum atomic E-state index is 12.9. The van der Waals surface area contributed by atoms with Gasteiger partial charge in [0.1, 0.15) is 11.9 Å². The van der Waals surface area contributed by atoms with Crippen molar-refractivity contribution in [2.45, 2.75) is 30.3 Å². The van der Waals surface area contributed by atoms with Crippen molar-refractivity contribution in [1.29, 1.82) is 0 Å². The predicted octanol–water partition coefficient (Wildman–Crippen LogP) is 2.57. The molecule has 0 aliphatic heterocycles. The van der Waals surface area contributed by atoms with Crippen molar-refractivity contribution in [2.75, 3.05) is 0 Å². The van der Waals surface area contributed by atoms with Crippen LogP contribution in [0.3, 0.4) is 0 Å². The van der Waals surface area contributed by atoms with E-state index in [1.165, 1.54) is 6.39 Å². The molecule has 1 aliphatic carbocycles. The van der Waals surface area contributed by atoms with Crippen LogP contribution in [0.2, 0.25) is 0 Å². The smallest absolute Gasteiger partial charge is 0.181 e. The average molecular weight is 234 g/mol. The van der Waals surface area contributed by atoms with E-state index in [-0.39, 0.29) is 0 Å². The number of oxazole rings is 1. The highest BCUT2D eigenvalue weighted by Gasteiger charge is 2.56. The zero-order valence-corrected chi connectivity index (χ0v) is 8.27. The number of alkyl halides is 2. The molecule has 2 rings (SSSR count). The third kappa shape index (κ3) is 1.01. The fourth-order valence-electron chi connectivity index (χ4n) is 1.38. The molecule has 2 nitrogen and oxygen atoms in total. The van der Waals surface area contributed by atoms with Crippen LogP contribution in [0.15, 0.2) is 10.8 Å². The summed E-state index contributed by atoms with van der Waals surface area (Å²) < 4.78 is 18.1. The van der Waals surface area contributed by atoms with Gasteiger partial charge in [0.25, 0.3) is 0 Å². The minimum absolute atomic E-state index is 0.403. The summed E-state index contributed by atoms with van der Waals surface area (Å²) in [5, 5.41) is 0.626. The molecule has 4 heteroatoms. The number of halogens is 2. The molecular formula is C8H9BrFNO. The molecule has 1 aromatic heterocycles. The minimum atomic E-state index is -0.761. The Bertz CT molecular complexity index is 301. The van der Waals surface area contributed by atoms with Crippen LogP contribution in [0.1, 0.15) is 24.8 Å². The van der Waals surface area contributed by atoms with Crippen LogP contribution >= 0.6 is 15.9 Å². The van der Waals surface area contributed by atoms with Gasteiger partial charge in [0.2, 0.25) is 0 Å². The lowest BCUT2D eigenvalue weighted by molar-refractivity contribution is 0.383. The van der Waals surface area contributed by atoms with Gasteiger partial charge in [-0.3, -0.25) is 0 Å². The highest BCUT2D eigenvalue weighted by molar-refractivity contribution is 9.08. The van der Waals surface area contributed by atoms with E-state index < -0.39 is 11.6 Å². The maximum absolute atomic E-state index is 12.9. The second-order valence-electron chi connectivity index (χ2n) is 3.35. The molecule has 0 bridgehead atoms. The molecule has 0 saturated heterocycles. The Morgan fingerprint density at radius 1 is 1.92 bits per heavy atom. The van der Waals surface area contributed by atoms with Crippen molar-refractivity contribution in [2.24, 2.45) is 0 Å². The van der Waals surface area contributed by atoms with Gasteiger partial charge < -0.3 is 4.42 Å². The summed E-state index contributed by atoms with van der Waals surface area (Å²) in [6, 6.07) is 0. The molecule has 1 heterocycles. The Kier molecular flexibility index (Phi) is 1.75. The van der Waals surface area contributed by atoms with E-state index in [0.717, 1.165) is 5.69 Å². The summed E-state index contributed by atoms with van der Waals surface area (Å²) in [7, 11) is 0. The van der Waals surface area contributed by atoms with Crippen molar-refractivity contribution >= 4 is 15.9 Å². The molecule has 0 aromatic carbocycles. The Hall–Kier alpha value is -0.380. The summed E-state index contributed by atoms with van der Waals surface area (Å²) >= 11 is 3.28. The Morgan fingerprint density at radius 3 is 3.08 bits per heavy atom. The first-order valence-corrected chi connectivity index (χ1v) is 4.93. The van der Waals surface area contributed by atoms with Crippen LogP contribution in [0.25, 0.3) is 0 Å². The highest BCUT2D eigenvalue weighted by Crippen LogP contribution is 2.51. The monoisotopic (exact) mass is 233 g/mol. The van der Waals surface area contributed by atoms with Crippen molar-refractivity contribution < 1.29 is 8.81 Å². The third-order valence-corrected chi connectivity index (χ3v) is 2.95. The first kappa shape index (κ1) is 8.23. The van der Waals surface area contributed by atoms with Gasteiger partial charge in [-0.1, -0.05) is 15.9 Å². The largest absolute Gasteiger partial charge is 0.447 e. The molecule has 0 amide bonds. The van der Waals surface area contributed by atoms with E-state index in [0.29, 0.717) is 17.5 Å². The normalized spacial score (nSPS) is 33.8. The lowest BCUT2D eigenvalue weighted by atomic mass is 10.1. The Morgan fingerprint density at radius 2 is 2.58 bits per heavy atom. The summed E-state index contributed by atoms with van der Waals surface area (Å²) in [5.41, 5.74) is 0.414. The minimum Gasteiger partial charge on any atom is -0.447 e. The molecule has 12 heavy (non-hydrogen) atoms. The van der Waals surface area contributed by atoms with Crippen molar-refractivity contribution in [3.63, 3.8) is 0 Å². The Balaban J connectivity index is 2.34. The molecule has 66 valence electrons. The van der Waals surface area contributed by atoms with Crippen LogP contribution in [-0.4, -0.2) is 11.2 Å². The number of hydrogen-bond acceptors (Lipinski definition) is 2. The van der Waals surface area contributed by atoms with Gasteiger partial charge in [0.15, 0.2) is 6.39 Å². The van der Waals surface area contributed by atoms with E-state index in [4.69, 9.17) is 4.42 Å². The fraction of sp³-hybridized carbons (Fsp3) is 0.625. The second kappa shape index (κ2) is 2.55. The topological polar surface area (TPSA) is 26.0 Å². The third-order valence-electron chi connectivity index (χ3n) is 2.42. The number of hydrogen-bond donors (Lipinski definition) is 0. The van der Waals surface area contributed by atoms with Crippen LogP contribution in [0.5, 0.6) is 0 Å². The molecule has 2 unspecified atom stereocenters.